The third-order valence-electron chi connectivity index (χ3n) is 1.61. The van der Waals surface area contributed by atoms with Gasteiger partial charge >= 0.3 is 0 Å². The Balaban J connectivity index is 2.96. The predicted molar refractivity (Wildman–Crippen MR) is 48.1 cm³/mol. The van der Waals surface area contributed by atoms with E-state index in [4.69, 9.17) is 0 Å². The quantitative estimate of drug-likeness (QED) is 0.734. The molecule has 0 nitrogen and oxygen atoms in total. The van der Waals surface area contributed by atoms with Crippen LogP contribution in [0.4, 0.5) is 8.78 Å². The van der Waals surface area contributed by atoms with Crippen molar-refractivity contribution in [2.75, 3.05) is 6.67 Å². The van der Waals surface area contributed by atoms with Gasteiger partial charge < -0.3 is 0 Å². The minimum atomic E-state index is -0.541. The Morgan fingerprint density at radius 3 is 2.67 bits per heavy atom. The molecule has 0 atom stereocenters. The fourth-order valence-electron chi connectivity index (χ4n) is 0.839. The highest BCUT2D eigenvalue weighted by Gasteiger charge is 2.07. The lowest BCUT2D eigenvalue weighted by Gasteiger charge is -2.06. The molecule has 0 N–H and O–H groups in total. The molecule has 0 aliphatic rings. The topological polar surface area (TPSA) is 0 Å². The van der Waals surface area contributed by atoms with E-state index in [-0.39, 0.29) is 5.82 Å². The molecular weight excluding hydrogens is 226 g/mol. The van der Waals surface area contributed by atoms with Gasteiger partial charge in [0.25, 0.3) is 0 Å². The number of hydrogen-bond acceptors (Lipinski definition) is 0. The Morgan fingerprint density at radius 1 is 1.50 bits per heavy atom. The number of rotatable bonds is 2. The van der Waals surface area contributed by atoms with E-state index in [1.807, 2.05) is 0 Å². The van der Waals surface area contributed by atoms with Crippen molar-refractivity contribution >= 4 is 15.9 Å². The van der Waals surface area contributed by atoms with E-state index in [9.17, 15) is 8.78 Å². The maximum absolute atomic E-state index is 12.9. The van der Waals surface area contributed by atoms with Crippen molar-refractivity contribution in [3.63, 3.8) is 0 Å². The summed E-state index contributed by atoms with van der Waals surface area (Å²) >= 11 is 3.02. The maximum Gasteiger partial charge on any atom is 0.137 e. The SMILES string of the molecule is C[C](CF)c1ccc(Br)c(F)c1. The maximum atomic E-state index is 12.9. The van der Waals surface area contributed by atoms with Gasteiger partial charge in [0.15, 0.2) is 0 Å². The zero-order valence-corrected chi connectivity index (χ0v) is 8.16. The van der Waals surface area contributed by atoms with E-state index in [2.05, 4.69) is 15.9 Å². The highest BCUT2D eigenvalue weighted by molar-refractivity contribution is 9.10. The van der Waals surface area contributed by atoms with Crippen LogP contribution in [0.3, 0.4) is 0 Å². The average molecular weight is 234 g/mol. The van der Waals surface area contributed by atoms with Crippen LogP contribution in [0.2, 0.25) is 0 Å². The first-order valence-electron chi connectivity index (χ1n) is 3.49. The summed E-state index contributed by atoms with van der Waals surface area (Å²) in [7, 11) is 0. The van der Waals surface area contributed by atoms with Crippen molar-refractivity contribution in [3.8, 4) is 0 Å². The molecule has 3 heteroatoms. The van der Waals surface area contributed by atoms with Crippen molar-refractivity contribution in [3.05, 3.63) is 40.0 Å². The third-order valence-corrected chi connectivity index (χ3v) is 2.26. The molecule has 0 aliphatic heterocycles. The van der Waals surface area contributed by atoms with Crippen molar-refractivity contribution in [2.24, 2.45) is 0 Å². The summed E-state index contributed by atoms with van der Waals surface area (Å²) in [6.45, 7) is 1.10. The Morgan fingerprint density at radius 2 is 2.17 bits per heavy atom. The molecule has 0 saturated heterocycles. The molecule has 1 aromatic carbocycles. The monoisotopic (exact) mass is 233 g/mol. The van der Waals surface area contributed by atoms with Gasteiger partial charge in [-0.2, -0.15) is 0 Å². The number of alkyl halides is 1. The van der Waals surface area contributed by atoms with E-state index >= 15 is 0 Å². The third kappa shape index (κ3) is 2.03. The first-order chi connectivity index (χ1) is 5.65. The molecule has 0 saturated carbocycles. The fourth-order valence-corrected chi connectivity index (χ4v) is 1.09. The van der Waals surface area contributed by atoms with Gasteiger partial charge in [0, 0.05) is 5.92 Å². The average Bonchev–Trinajstić information content (AvgIpc) is 2.08. The van der Waals surface area contributed by atoms with Crippen LogP contribution in [-0.4, -0.2) is 6.67 Å². The van der Waals surface area contributed by atoms with Crippen LogP contribution < -0.4 is 0 Å². The first-order valence-corrected chi connectivity index (χ1v) is 4.28. The smallest absolute Gasteiger partial charge is 0.137 e. The molecule has 0 spiro atoms. The lowest BCUT2D eigenvalue weighted by Crippen LogP contribution is -1.97. The van der Waals surface area contributed by atoms with Crippen LogP contribution >= 0.6 is 15.9 Å². The predicted octanol–water partition coefficient (Wildman–Crippen LogP) is 3.50. The van der Waals surface area contributed by atoms with Gasteiger partial charge in [-0.15, -0.1) is 0 Å². The van der Waals surface area contributed by atoms with Crippen molar-refractivity contribution in [1.82, 2.24) is 0 Å². The second-order valence-electron chi connectivity index (χ2n) is 2.54. The van der Waals surface area contributed by atoms with Crippen LogP contribution in [0.25, 0.3) is 0 Å². The molecule has 1 aromatic rings. The molecule has 0 unspecified atom stereocenters. The lowest BCUT2D eigenvalue weighted by molar-refractivity contribution is 0.515. The molecule has 1 radical (unpaired) electrons. The van der Waals surface area contributed by atoms with E-state index in [0.29, 0.717) is 16.0 Å². The van der Waals surface area contributed by atoms with E-state index in [1.165, 1.54) is 6.07 Å². The number of hydrogen-bond donors (Lipinski definition) is 0. The van der Waals surface area contributed by atoms with Crippen molar-refractivity contribution < 1.29 is 8.78 Å². The molecule has 12 heavy (non-hydrogen) atoms. The van der Waals surface area contributed by atoms with Crippen LogP contribution in [0.15, 0.2) is 22.7 Å². The number of benzene rings is 1. The van der Waals surface area contributed by atoms with E-state index < -0.39 is 6.67 Å². The summed E-state index contributed by atoms with van der Waals surface area (Å²) < 4.78 is 25.4. The van der Waals surface area contributed by atoms with Crippen LogP contribution in [-0.2, 0) is 0 Å². The highest BCUT2D eigenvalue weighted by atomic mass is 79.9. The fraction of sp³-hybridized carbons (Fsp3) is 0.222. The van der Waals surface area contributed by atoms with Crippen LogP contribution in [0, 0.1) is 11.7 Å². The van der Waals surface area contributed by atoms with Gasteiger partial charge in [-0.05, 0) is 33.6 Å². The summed E-state index contributed by atoms with van der Waals surface area (Å²) in [5, 5.41) is 0. The summed E-state index contributed by atoms with van der Waals surface area (Å²) in [6, 6.07) is 4.57. The molecule has 0 heterocycles. The molecule has 0 aromatic heterocycles. The Hall–Kier alpha value is -0.440. The Kier molecular flexibility index (Phi) is 3.20. The zero-order chi connectivity index (χ0) is 9.14. The largest absolute Gasteiger partial charge is 0.250 e. The van der Waals surface area contributed by atoms with Gasteiger partial charge in [0.2, 0.25) is 0 Å². The summed E-state index contributed by atoms with van der Waals surface area (Å²) in [4.78, 5) is 0. The summed E-state index contributed by atoms with van der Waals surface area (Å²) in [5.74, 6) is 0.182. The highest BCUT2D eigenvalue weighted by Crippen LogP contribution is 2.21. The molecule has 0 aliphatic carbocycles. The minimum absolute atomic E-state index is 0.361. The molecule has 0 fully saturated rings. The van der Waals surface area contributed by atoms with Crippen LogP contribution in [0.1, 0.15) is 12.5 Å². The van der Waals surface area contributed by atoms with Gasteiger partial charge in [-0.25, -0.2) is 4.39 Å². The molecular formula is C9H8BrF2. The summed E-state index contributed by atoms with van der Waals surface area (Å²) in [6.07, 6.45) is 0. The second-order valence-corrected chi connectivity index (χ2v) is 3.40. The second kappa shape index (κ2) is 3.99. The standard InChI is InChI=1S/C9H8BrF2/c1-6(5-11)7-2-3-8(10)9(12)4-7/h2-4H,5H2,1H3. The molecule has 0 amide bonds. The van der Waals surface area contributed by atoms with E-state index in [1.54, 1.807) is 19.1 Å². The normalized spacial score (nSPS) is 10.8. The van der Waals surface area contributed by atoms with Gasteiger partial charge in [0.1, 0.15) is 5.82 Å². The molecule has 1 rings (SSSR count). The van der Waals surface area contributed by atoms with Crippen molar-refractivity contribution in [1.29, 1.82) is 0 Å². The number of halogens is 3. The Bertz CT molecular complexity index is 273. The summed E-state index contributed by atoms with van der Waals surface area (Å²) in [5.41, 5.74) is 0.609. The molecule has 0 bridgehead atoms. The lowest BCUT2D eigenvalue weighted by atomic mass is 10.0. The van der Waals surface area contributed by atoms with Gasteiger partial charge in [-0.1, -0.05) is 13.0 Å². The van der Waals surface area contributed by atoms with E-state index in [0.717, 1.165) is 0 Å². The van der Waals surface area contributed by atoms with Gasteiger partial charge in [0.05, 0.1) is 11.1 Å². The first kappa shape index (κ1) is 9.65. The van der Waals surface area contributed by atoms with Crippen LogP contribution in [0.5, 0.6) is 0 Å². The molecule has 65 valence electrons. The van der Waals surface area contributed by atoms with Gasteiger partial charge in [-0.3, -0.25) is 4.39 Å². The Labute approximate surface area is 78.7 Å². The minimum Gasteiger partial charge on any atom is -0.250 e. The van der Waals surface area contributed by atoms with Crippen molar-refractivity contribution in [2.45, 2.75) is 6.92 Å². The zero-order valence-electron chi connectivity index (χ0n) is 6.57.